The molecule has 0 fully saturated rings. The summed E-state index contributed by atoms with van der Waals surface area (Å²) in [4.78, 5) is 14.5. The van der Waals surface area contributed by atoms with E-state index in [1.807, 2.05) is 50.5 Å². The number of methoxy groups -OCH3 is 3. The molecule has 146 valence electrons. The Morgan fingerprint density at radius 2 is 1.63 bits per heavy atom. The van der Waals surface area contributed by atoms with Gasteiger partial charge in [-0.25, -0.2) is 0 Å². The minimum atomic E-state index is -0.0393. The van der Waals surface area contributed by atoms with Gasteiger partial charge in [-0.15, -0.1) is 0 Å². The van der Waals surface area contributed by atoms with Gasteiger partial charge in [-0.1, -0.05) is 18.2 Å². The van der Waals surface area contributed by atoms with E-state index >= 15 is 0 Å². The van der Waals surface area contributed by atoms with Crippen LogP contribution in [0, 0.1) is 0 Å². The van der Waals surface area contributed by atoms with Crippen LogP contribution in [0.15, 0.2) is 42.5 Å². The molecule has 0 aliphatic rings. The van der Waals surface area contributed by atoms with Crippen LogP contribution in [0.1, 0.15) is 17.2 Å². The maximum atomic E-state index is 12.4. The summed E-state index contributed by atoms with van der Waals surface area (Å²) in [5.74, 6) is 2.04. The lowest BCUT2D eigenvalue weighted by atomic mass is 10.1. The van der Waals surface area contributed by atoms with Gasteiger partial charge in [0.2, 0.25) is 5.91 Å². The fraction of sp³-hybridized carbons (Fsp3) is 0.381. The maximum Gasteiger partial charge on any atom is 0.224 e. The summed E-state index contributed by atoms with van der Waals surface area (Å²) in [6.07, 6.45) is 0.281. The monoisotopic (exact) mass is 372 g/mol. The van der Waals surface area contributed by atoms with Crippen LogP contribution in [0.25, 0.3) is 0 Å². The first-order valence-electron chi connectivity index (χ1n) is 8.76. The van der Waals surface area contributed by atoms with E-state index in [4.69, 9.17) is 14.2 Å². The fourth-order valence-electron chi connectivity index (χ4n) is 2.87. The molecule has 6 heteroatoms. The van der Waals surface area contributed by atoms with Crippen molar-refractivity contribution in [2.24, 2.45) is 0 Å². The number of rotatable bonds is 9. The fourth-order valence-corrected chi connectivity index (χ4v) is 2.87. The number of ether oxygens (including phenoxy) is 3. The molecule has 1 N–H and O–H groups in total. The number of carbonyl (C=O) groups excluding carboxylic acids is 1. The Morgan fingerprint density at radius 3 is 2.19 bits per heavy atom. The lowest BCUT2D eigenvalue weighted by Gasteiger charge is -2.25. The second kappa shape index (κ2) is 9.83. The van der Waals surface area contributed by atoms with E-state index in [0.29, 0.717) is 18.0 Å². The molecule has 0 saturated carbocycles. The molecule has 1 atom stereocenters. The predicted octanol–water partition coefficient (Wildman–Crippen LogP) is 2.67. The quantitative estimate of drug-likeness (QED) is 0.733. The molecule has 1 amide bonds. The minimum Gasteiger partial charge on any atom is -0.497 e. The molecule has 0 aliphatic carbocycles. The van der Waals surface area contributed by atoms with E-state index in [1.165, 1.54) is 0 Å². The third-order valence-electron chi connectivity index (χ3n) is 4.43. The molecule has 0 aliphatic heterocycles. The smallest absolute Gasteiger partial charge is 0.224 e. The number of nitrogens with zero attached hydrogens (tertiary/aromatic N) is 1. The maximum absolute atomic E-state index is 12.4. The van der Waals surface area contributed by atoms with Crippen molar-refractivity contribution in [3.63, 3.8) is 0 Å². The van der Waals surface area contributed by atoms with E-state index in [2.05, 4.69) is 10.2 Å². The Morgan fingerprint density at radius 1 is 0.963 bits per heavy atom. The summed E-state index contributed by atoms with van der Waals surface area (Å²) in [6, 6.07) is 13.5. The minimum absolute atomic E-state index is 0.0393. The normalized spacial score (nSPS) is 11.8. The van der Waals surface area contributed by atoms with Gasteiger partial charge in [0.15, 0.2) is 11.5 Å². The van der Waals surface area contributed by atoms with Gasteiger partial charge in [0.1, 0.15) is 5.75 Å². The molecule has 0 bridgehead atoms. The predicted molar refractivity (Wildman–Crippen MR) is 106 cm³/mol. The van der Waals surface area contributed by atoms with Crippen molar-refractivity contribution in [2.45, 2.75) is 12.5 Å². The van der Waals surface area contributed by atoms with Crippen LogP contribution in [0.2, 0.25) is 0 Å². The third-order valence-corrected chi connectivity index (χ3v) is 4.43. The molecule has 2 aromatic rings. The largest absolute Gasteiger partial charge is 0.497 e. The number of carbonyl (C=O) groups is 1. The molecule has 27 heavy (non-hydrogen) atoms. The van der Waals surface area contributed by atoms with Crippen LogP contribution in [0.4, 0.5) is 0 Å². The van der Waals surface area contributed by atoms with E-state index < -0.39 is 0 Å². The molecular weight excluding hydrogens is 344 g/mol. The Labute approximate surface area is 161 Å². The number of amides is 1. The van der Waals surface area contributed by atoms with Crippen molar-refractivity contribution >= 4 is 5.91 Å². The summed E-state index contributed by atoms with van der Waals surface area (Å²) in [7, 11) is 8.81. The third kappa shape index (κ3) is 5.62. The average Bonchev–Trinajstić information content (AvgIpc) is 2.68. The summed E-state index contributed by atoms with van der Waals surface area (Å²) in [5, 5.41) is 3.02. The summed E-state index contributed by atoms with van der Waals surface area (Å²) in [6.45, 7) is 0.519. The highest BCUT2D eigenvalue weighted by Gasteiger charge is 2.16. The van der Waals surface area contributed by atoms with Crippen molar-refractivity contribution < 1.29 is 19.0 Å². The van der Waals surface area contributed by atoms with Crippen molar-refractivity contribution in [2.75, 3.05) is 42.0 Å². The molecule has 0 radical (unpaired) electrons. The molecule has 6 nitrogen and oxygen atoms in total. The molecular formula is C21H28N2O4. The van der Waals surface area contributed by atoms with Crippen molar-refractivity contribution in [3.05, 3.63) is 53.6 Å². The van der Waals surface area contributed by atoms with Crippen LogP contribution < -0.4 is 19.5 Å². The van der Waals surface area contributed by atoms with Gasteiger partial charge >= 0.3 is 0 Å². The first-order chi connectivity index (χ1) is 13.0. The Kier molecular flexibility index (Phi) is 7.49. The zero-order valence-corrected chi connectivity index (χ0v) is 16.6. The number of hydrogen-bond donors (Lipinski definition) is 1. The second-order valence-corrected chi connectivity index (χ2v) is 6.42. The molecule has 2 rings (SSSR count). The van der Waals surface area contributed by atoms with Gasteiger partial charge in [0.05, 0.1) is 33.8 Å². The number of hydrogen-bond acceptors (Lipinski definition) is 5. The van der Waals surface area contributed by atoms with Crippen LogP contribution in [-0.4, -0.2) is 52.8 Å². The van der Waals surface area contributed by atoms with Crippen molar-refractivity contribution in [3.8, 4) is 17.2 Å². The lowest BCUT2D eigenvalue weighted by molar-refractivity contribution is -0.120. The highest BCUT2D eigenvalue weighted by molar-refractivity contribution is 5.78. The van der Waals surface area contributed by atoms with Gasteiger partial charge in [0, 0.05) is 6.54 Å². The Bertz CT molecular complexity index is 744. The molecule has 0 aromatic heterocycles. The van der Waals surface area contributed by atoms with Gasteiger partial charge in [0.25, 0.3) is 0 Å². The van der Waals surface area contributed by atoms with E-state index in [1.54, 1.807) is 27.4 Å². The molecule has 0 heterocycles. The molecule has 1 unspecified atom stereocenters. The zero-order chi connectivity index (χ0) is 19.8. The van der Waals surface area contributed by atoms with Crippen LogP contribution in [0.3, 0.4) is 0 Å². The van der Waals surface area contributed by atoms with Crippen LogP contribution in [-0.2, 0) is 11.2 Å². The zero-order valence-electron chi connectivity index (χ0n) is 16.6. The van der Waals surface area contributed by atoms with Crippen molar-refractivity contribution in [1.82, 2.24) is 10.2 Å². The standard InChI is InChI=1S/C21H28N2O4/c1-23(2)18(16-7-9-17(25-3)10-8-16)14-22-21(24)13-15-6-11-19(26-4)20(12-15)27-5/h6-12,18H,13-14H2,1-5H3,(H,22,24). The SMILES string of the molecule is COc1ccc(C(CNC(=O)Cc2ccc(OC)c(OC)c2)N(C)C)cc1. The number of nitrogens with one attached hydrogen (secondary N) is 1. The molecule has 2 aromatic carbocycles. The first kappa shape index (κ1) is 20.6. The average molecular weight is 372 g/mol. The Balaban J connectivity index is 1.99. The van der Waals surface area contributed by atoms with Crippen LogP contribution >= 0.6 is 0 Å². The topological polar surface area (TPSA) is 60.0 Å². The highest BCUT2D eigenvalue weighted by Crippen LogP contribution is 2.27. The second-order valence-electron chi connectivity index (χ2n) is 6.42. The summed E-state index contributed by atoms with van der Waals surface area (Å²) in [5.41, 5.74) is 1.99. The molecule has 0 spiro atoms. The van der Waals surface area contributed by atoms with Gasteiger partial charge in [-0.3, -0.25) is 4.79 Å². The van der Waals surface area contributed by atoms with E-state index in [-0.39, 0.29) is 18.4 Å². The number of likely N-dealkylation sites (N-methyl/N-ethyl adjacent to an activating group) is 1. The summed E-state index contributed by atoms with van der Waals surface area (Å²) >= 11 is 0. The lowest BCUT2D eigenvalue weighted by Crippen LogP contribution is -2.35. The molecule has 0 saturated heterocycles. The highest BCUT2D eigenvalue weighted by atomic mass is 16.5. The van der Waals surface area contributed by atoms with Gasteiger partial charge in [-0.05, 0) is 49.5 Å². The number of benzene rings is 2. The first-order valence-corrected chi connectivity index (χ1v) is 8.76. The van der Waals surface area contributed by atoms with Crippen molar-refractivity contribution in [1.29, 1.82) is 0 Å². The van der Waals surface area contributed by atoms with E-state index in [0.717, 1.165) is 16.9 Å². The van der Waals surface area contributed by atoms with Crippen LogP contribution in [0.5, 0.6) is 17.2 Å². The van der Waals surface area contributed by atoms with E-state index in [9.17, 15) is 4.79 Å². The van der Waals surface area contributed by atoms with Gasteiger partial charge < -0.3 is 24.4 Å². The summed E-state index contributed by atoms with van der Waals surface area (Å²) < 4.78 is 15.7. The van der Waals surface area contributed by atoms with Gasteiger partial charge in [-0.2, -0.15) is 0 Å². The Hall–Kier alpha value is -2.73.